The average Bonchev–Trinajstić information content (AvgIpc) is 1.90. The van der Waals surface area contributed by atoms with Gasteiger partial charge in [-0.15, -0.1) is 0 Å². The Balaban J connectivity index is 3.34. The molecule has 0 rings (SSSR count). The van der Waals surface area contributed by atoms with Crippen molar-refractivity contribution < 1.29 is 4.79 Å². The number of carbonyl (C=O) groups excluding carboxylic acids is 1. The van der Waals surface area contributed by atoms with Crippen LogP contribution in [0.2, 0.25) is 0 Å². The number of carbonyl (C=O) groups is 1. The molecule has 0 spiro atoms. The maximum atomic E-state index is 10.6. The highest BCUT2D eigenvalue weighted by Crippen LogP contribution is 2.14. The van der Waals surface area contributed by atoms with E-state index >= 15 is 0 Å². The van der Waals surface area contributed by atoms with E-state index in [2.05, 4.69) is 13.8 Å². The molecule has 1 heteroatoms. The third-order valence-corrected chi connectivity index (χ3v) is 2.06. The van der Waals surface area contributed by atoms with Crippen molar-refractivity contribution in [2.24, 2.45) is 5.92 Å². The summed E-state index contributed by atoms with van der Waals surface area (Å²) in [5.74, 6) is 1.09. The summed E-state index contributed by atoms with van der Waals surface area (Å²) in [6.07, 6.45) is 4.28. The van der Waals surface area contributed by atoms with Crippen molar-refractivity contribution in [2.75, 3.05) is 0 Å². The standard InChI is InChI=1S/C9H18O/c1-4-9(5-2)7-6-8(3)10/h9H,4-7H2,1-3H3. The number of hydrogen-bond donors (Lipinski definition) is 0. The van der Waals surface area contributed by atoms with Gasteiger partial charge in [-0.1, -0.05) is 26.7 Å². The zero-order chi connectivity index (χ0) is 7.98. The van der Waals surface area contributed by atoms with E-state index in [-0.39, 0.29) is 0 Å². The maximum absolute atomic E-state index is 10.6. The number of ketones is 1. The van der Waals surface area contributed by atoms with Crippen molar-refractivity contribution in [3.8, 4) is 0 Å². The highest BCUT2D eigenvalue weighted by molar-refractivity contribution is 5.75. The van der Waals surface area contributed by atoms with Crippen LogP contribution in [0.3, 0.4) is 0 Å². The number of rotatable bonds is 5. The first-order chi connectivity index (χ1) is 4.70. The van der Waals surface area contributed by atoms with Gasteiger partial charge in [0.05, 0.1) is 0 Å². The highest BCUT2D eigenvalue weighted by atomic mass is 16.1. The first-order valence-corrected chi connectivity index (χ1v) is 4.20. The minimum Gasteiger partial charge on any atom is -0.300 e. The van der Waals surface area contributed by atoms with E-state index in [1.807, 2.05) is 0 Å². The van der Waals surface area contributed by atoms with Crippen LogP contribution in [0.15, 0.2) is 0 Å². The molecule has 0 aliphatic heterocycles. The van der Waals surface area contributed by atoms with Crippen LogP contribution in [0.5, 0.6) is 0 Å². The second kappa shape index (κ2) is 5.45. The van der Waals surface area contributed by atoms with Gasteiger partial charge in [0.15, 0.2) is 0 Å². The van der Waals surface area contributed by atoms with Gasteiger partial charge in [0.25, 0.3) is 0 Å². The van der Waals surface area contributed by atoms with E-state index in [9.17, 15) is 4.79 Å². The van der Waals surface area contributed by atoms with Gasteiger partial charge >= 0.3 is 0 Å². The van der Waals surface area contributed by atoms with Gasteiger partial charge in [0.1, 0.15) is 5.78 Å². The fraction of sp³-hybridized carbons (Fsp3) is 0.889. The van der Waals surface area contributed by atoms with Gasteiger partial charge in [-0.25, -0.2) is 0 Å². The minimum atomic E-state index is 0.326. The zero-order valence-corrected chi connectivity index (χ0v) is 7.31. The average molecular weight is 142 g/mol. The molecule has 0 heterocycles. The molecule has 10 heavy (non-hydrogen) atoms. The van der Waals surface area contributed by atoms with Gasteiger partial charge in [0, 0.05) is 6.42 Å². The summed E-state index contributed by atoms with van der Waals surface area (Å²) in [6, 6.07) is 0. The fourth-order valence-corrected chi connectivity index (χ4v) is 1.10. The fourth-order valence-electron chi connectivity index (χ4n) is 1.10. The van der Waals surface area contributed by atoms with Crippen LogP contribution in [0.1, 0.15) is 46.5 Å². The molecule has 0 aromatic rings. The Morgan fingerprint density at radius 1 is 1.30 bits per heavy atom. The van der Waals surface area contributed by atoms with E-state index in [1.54, 1.807) is 6.92 Å². The lowest BCUT2D eigenvalue weighted by Crippen LogP contribution is -2.00. The predicted octanol–water partition coefficient (Wildman–Crippen LogP) is 2.79. The summed E-state index contributed by atoms with van der Waals surface area (Å²) >= 11 is 0. The first-order valence-electron chi connectivity index (χ1n) is 4.20. The first kappa shape index (κ1) is 9.67. The van der Waals surface area contributed by atoms with Gasteiger partial charge in [-0.3, -0.25) is 0 Å². The molecule has 0 saturated heterocycles. The van der Waals surface area contributed by atoms with Crippen molar-refractivity contribution in [3.05, 3.63) is 0 Å². The van der Waals surface area contributed by atoms with Gasteiger partial charge in [-0.05, 0) is 19.3 Å². The van der Waals surface area contributed by atoms with Crippen molar-refractivity contribution >= 4 is 5.78 Å². The van der Waals surface area contributed by atoms with Gasteiger partial charge < -0.3 is 4.79 Å². The minimum absolute atomic E-state index is 0.326. The largest absolute Gasteiger partial charge is 0.300 e. The molecule has 0 unspecified atom stereocenters. The Morgan fingerprint density at radius 2 is 1.80 bits per heavy atom. The molecule has 0 saturated carbocycles. The van der Waals surface area contributed by atoms with Crippen LogP contribution in [-0.2, 0) is 4.79 Å². The molecule has 0 aromatic carbocycles. The Bertz CT molecular complexity index is 92.9. The van der Waals surface area contributed by atoms with Crippen LogP contribution in [0.25, 0.3) is 0 Å². The molecule has 0 amide bonds. The van der Waals surface area contributed by atoms with Crippen molar-refractivity contribution in [3.63, 3.8) is 0 Å². The molecule has 0 aliphatic carbocycles. The molecular formula is C9H18O. The Kier molecular flexibility index (Phi) is 5.27. The summed E-state index contributed by atoms with van der Waals surface area (Å²) in [7, 11) is 0. The lowest BCUT2D eigenvalue weighted by Gasteiger charge is -2.09. The van der Waals surface area contributed by atoms with Crippen LogP contribution in [0, 0.1) is 5.92 Å². The second-order valence-corrected chi connectivity index (χ2v) is 2.92. The Labute approximate surface area is 63.8 Å². The molecule has 0 atom stereocenters. The quantitative estimate of drug-likeness (QED) is 0.577. The molecule has 0 fully saturated rings. The highest BCUT2D eigenvalue weighted by Gasteiger charge is 2.03. The summed E-state index contributed by atoms with van der Waals surface area (Å²) in [5.41, 5.74) is 0. The molecule has 60 valence electrons. The smallest absolute Gasteiger partial charge is 0.129 e. The molecular weight excluding hydrogens is 124 g/mol. The van der Waals surface area contributed by atoms with Crippen LogP contribution >= 0.6 is 0 Å². The normalized spacial score (nSPS) is 10.4. The summed E-state index contributed by atoms with van der Waals surface area (Å²) in [4.78, 5) is 10.6. The molecule has 0 radical (unpaired) electrons. The second-order valence-electron chi connectivity index (χ2n) is 2.92. The lowest BCUT2D eigenvalue weighted by molar-refractivity contribution is -0.117. The maximum Gasteiger partial charge on any atom is 0.129 e. The molecule has 1 nitrogen and oxygen atoms in total. The van der Waals surface area contributed by atoms with Gasteiger partial charge in [0.2, 0.25) is 0 Å². The van der Waals surface area contributed by atoms with E-state index in [1.165, 1.54) is 12.8 Å². The van der Waals surface area contributed by atoms with Crippen LogP contribution < -0.4 is 0 Å². The summed E-state index contributed by atoms with van der Waals surface area (Å²) in [5, 5.41) is 0. The van der Waals surface area contributed by atoms with Gasteiger partial charge in [-0.2, -0.15) is 0 Å². The monoisotopic (exact) mass is 142 g/mol. The number of Topliss-reactive ketones (excluding diaryl/α,β-unsaturated/α-hetero) is 1. The van der Waals surface area contributed by atoms with E-state index in [0.29, 0.717) is 5.78 Å². The molecule has 0 aliphatic rings. The number of hydrogen-bond acceptors (Lipinski definition) is 1. The Hall–Kier alpha value is -0.330. The molecule has 0 bridgehead atoms. The molecule has 0 N–H and O–H groups in total. The van der Waals surface area contributed by atoms with Crippen LogP contribution in [-0.4, -0.2) is 5.78 Å². The summed E-state index contributed by atoms with van der Waals surface area (Å²) in [6.45, 7) is 6.05. The SMILES string of the molecule is CCC(CC)CCC(C)=O. The topological polar surface area (TPSA) is 17.1 Å². The summed E-state index contributed by atoms with van der Waals surface area (Å²) < 4.78 is 0. The lowest BCUT2D eigenvalue weighted by atomic mass is 9.97. The Morgan fingerprint density at radius 3 is 2.10 bits per heavy atom. The van der Waals surface area contributed by atoms with E-state index in [4.69, 9.17) is 0 Å². The van der Waals surface area contributed by atoms with E-state index in [0.717, 1.165) is 18.8 Å². The van der Waals surface area contributed by atoms with Crippen molar-refractivity contribution in [1.29, 1.82) is 0 Å². The third kappa shape index (κ3) is 4.54. The predicted molar refractivity (Wildman–Crippen MR) is 44.0 cm³/mol. The van der Waals surface area contributed by atoms with Crippen molar-refractivity contribution in [2.45, 2.75) is 46.5 Å². The third-order valence-electron chi connectivity index (χ3n) is 2.06. The molecule has 0 aromatic heterocycles. The van der Waals surface area contributed by atoms with Crippen molar-refractivity contribution in [1.82, 2.24) is 0 Å². The van der Waals surface area contributed by atoms with E-state index < -0.39 is 0 Å². The zero-order valence-electron chi connectivity index (χ0n) is 7.31. The van der Waals surface area contributed by atoms with Crippen LogP contribution in [0.4, 0.5) is 0 Å².